The largest absolute Gasteiger partial charge is 0.497 e. The van der Waals surface area contributed by atoms with Crippen molar-refractivity contribution in [3.63, 3.8) is 0 Å². The van der Waals surface area contributed by atoms with Crippen LogP contribution in [0.4, 0.5) is 0 Å². The molecular formula is C13H21N3O2. The number of nitrogens with zero attached hydrogens (tertiary/aromatic N) is 2. The molecule has 1 aromatic rings. The van der Waals surface area contributed by atoms with Gasteiger partial charge in [0.15, 0.2) is 5.72 Å². The Morgan fingerprint density at radius 2 is 2.22 bits per heavy atom. The van der Waals surface area contributed by atoms with E-state index in [0.29, 0.717) is 19.5 Å². The number of hydrogen-bond acceptors (Lipinski definition) is 5. The second-order valence-corrected chi connectivity index (χ2v) is 4.36. The van der Waals surface area contributed by atoms with Crippen molar-refractivity contribution in [2.75, 3.05) is 13.7 Å². The van der Waals surface area contributed by atoms with Gasteiger partial charge in [0.2, 0.25) is 0 Å². The first-order valence-corrected chi connectivity index (χ1v) is 6.01. The van der Waals surface area contributed by atoms with Crippen LogP contribution in [0.15, 0.2) is 34.5 Å². The summed E-state index contributed by atoms with van der Waals surface area (Å²) >= 11 is 0. The van der Waals surface area contributed by atoms with Gasteiger partial charge in [-0.3, -0.25) is 0 Å². The molecule has 0 saturated carbocycles. The molecule has 1 aromatic carbocycles. The molecule has 3 N–H and O–H groups in total. The average molecular weight is 251 g/mol. The molecule has 0 saturated heterocycles. The van der Waals surface area contributed by atoms with E-state index in [4.69, 9.17) is 10.5 Å². The van der Waals surface area contributed by atoms with E-state index < -0.39 is 5.72 Å². The van der Waals surface area contributed by atoms with Crippen molar-refractivity contribution in [2.45, 2.75) is 32.0 Å². The molecule has 0 aliphatic heterocycles. The lowest BCUT2D eigenvalue weighted by Gasteiger charge is -2.15. The average Bonchev–Trinajstić information content (AvgIpc) is 2.36. The first kappa shape index (κ1) is 14.6. The minimum Gasteiger partial charge on any atom is -0.497 e. The Bertz CT molecular complexity index is 392. The Balaban J connectivity index is 2.52. The lowest BCUT2D eigenvalue weighted by Crippen LogP contribution is -2.21. The summed E-state index contributed by atoms with van der Waals surface area (Å²) in [5.41, 5.74) is 5.26. The van der Waals surface area contributed by atoms with Gasteiger partial charge in [0.1, 0.15) is 5.75 Å². The lowest BCUT2D eigenvalue weighted by atomic mass is 10.1. The van der Waals surface area contributed by atoms with Crippen molar-refractivity contribution in [3.8, 4) is 5.75 Å². The molecule has 0 fully saturated rings. The van der Waals surface area contributed by atoms with Gasteiger partial charge in [0.05, 0.1) is 13.7 Å². The summed E-state index contributed by atoms with van der Waals surface area (Å²) in [6.45, 7) is 2.61. The van der Waals surface area contributed by atoms with Gasteiger partial charge in [0, 0.05) is 0 Å². The zero-order valence-corrected chi connectivity index (χ0v) is 11.0. The number of ether oxygens (including phenoxy) is 1. The SMILES string of the molecule is COc1cccc(CN=NC(C)(O)CCCN)c1. The van der Waals surface area contributed by atoms with Gasteiger partial charge in [0.25, 0.3) is 0 Å². The topological polar surface area (TPSA) is 80.2 Å². The summed E-state index contributed by atoms with van der Waals surface area (Å²) in [5.74, 6) is 0.789. The van der Waals surface area contributed by atoms with Crippen molar-refractivity contribution in [3.05, 3.63) is 29.8 Å². The molecule has 1 unspecified atom stereocenters. The van der Waals surface area contributed by atoms with Crippen LogP contribution in [0.25, 0.3) is 0 Å². The molecule has 0 bridgehead atoms. The summed E-state index contributed by atoms with van der Waals surface area (Å²) in [7, 11) is 1.62. The first-order chi connectivity index (χ1) is 8.57. The fourth-order valence-electron chi connectivity index (χ4n) is 1.53. The molecule has 0 aromatic heterocycles. The van der Waals surface area contributed by atoms with Crippen LogP contribution < -0.4 is 10.5 Å². The molecule has 0 heterocycles. The fraction of sp³-hybridized carbons (Fsp3) is 0.538. The van der Waals surface area contributed by atoms with Crippen LogP contribution in [0, 0.1) is 0 Å². The van der Waals surface area contributed by atoms with Crippen molar-refractivity contribution < 1.29 is 9.84 Å². The zero-order chi connectivity index (χ0) is 13.4. The third kappa shape index (κ3) is 5.25. The Kier molecular flexibility index (Phi) is 5.74. The van der Waals surface area contributed by atoms with Gasteiger partial charge in [-0.05, 0) is 44.0 Å². The van der Waals surface area contributed by atoms with Gasteiger partial charge < -0.3 is 15.6 Å². The Hall–Kier alpha value is -1.46. The van der Waals surface area contributed by atoms with E-state index in [9.17, 15) is 5.11 Å². The molecule has 0 spiro atoms. The summed E-state index contributed by atoms with van der Waals surface area (Å²) < 4.78 is 5.12. The summed E-state index contributed by atoms with van der Waals surface area (Å²) in [6.07, 6.45) is 1.25. The normalized spacial score (nSPS) is 14.7. The second kappa shape index (κ2) is 7.08. The van der Waals surface area contributed by atoms with Crippen LogP contribution in [0.5, 0.6) is 5.75 Å². The number of aliphatic hydroxyl groups is 1. The molecule has 18 heavy (non-hydrogen) atoms. The zero-order valence-electron chi connectivity index (χ0n) is 11.0. The minimum absolute atomic E-state index is 0.427. The molecule has 0 amide bonds. The van der Waals surface area contributed by atoms with E-state index >= 15 is 0 Å². The van der Waals surface area contributed by atoms with Crippen LogP contribution in [-0.4, -0.2) is 24.5 Å². The second-order valence-electron chi connectivity index (χ2n) is 4.36. The molecule has 0 aliphatic rings. The predicted molar refractivity (Wildman–Crippen MR) is 70.5 cm³/mol. The van der Waals surface area contributed by atoms with Crippen LogP contribution in [0.2, 0.25) is 0 Å². The lowest BCUT2D eigenvalue weighted by molar-refractivity contribution is 0.0503. The highest BCUT2D eigenvalue weighted by atomic mass is 16.5. The molecule has 1 atom stereocenters. The monoisotopic (exact) mass is 251 g/mol. The van der Waals surface area contributed by atoms with Crippen LogP contribution in [0.3, 0.4) is 0 Å². The van der Waals surface area contributed by atoms with E-state index in [-0.39, 0.29) is 0 Å². The highest BCUT2D eigenvalue weighted by Gasteiger charge is 2.17. The predicted octanol–water partition coefficient (Wildman–Crippen LogP) is 2.09. The van der Waals surface area contributed by atoms with E-state index in [1.54, 1.807) is 14.0 Å². The maximum absolute atomic E-state index is 9.88. The molecule has 5 nitrogen and oxygen atoms in total. The van der Waals surface area contributed by atoms with Gasteiger partial charge in [-0.2, -0.15) is 10.2 Å². The van der Waals surface area contributed by atoms with E-state index in [1.807, 2.05) is 24.3 Å². The summed E-state index contributed by atoms with van der Waals surface area (Å²) in [4.78, 5) is 0. The molecule has 1 rings (SSSR count). The molecule has 0 radical (unpaired) electrons. The number of nitrogens with two attached hydrogens (primary N) is 1. The highest BCUT2D eigenvalue weighted by molar-refractivity contribution is 5.28. The smallest absolute Gasteiger partial charge is 0.173 e. The van der Waals surface area contributed by atoms with Crippen molar-refractivity contribution >= 4 is 0 Å². The van der Waals surface area contributed by atoms with Crippen molar-refractivity contribution in [1.82, 2.24) is 0 Å². The van der Waals surface area contributed by atoms with Crippen LogP contribution in [0.1, 0.15) is 25.3 Å². The molecular weight excluding hydrogens is 230 g/mol. The van der Waals surface area contributed by atoms with Gasteiger partial charge in [-0.1, -0.05) is 12.1 Å². The standard InChI is InChI=1S/C13H21N3O2/c1-13(17,7-4-8-14)16-15-10-11-5-3-6-12(9-11)18-2/h3,5-6,9,17H,4,7-8,10,14H2,1-2H3. The number of methoxy groups -OCH3 is 1. The van der Waals surface area contributed by atoms with Crippen molar-refractivity contribution in [1.29, 1.82) is 0 Å². The third-order valence-electron chi connectivity index (χ3n) is 2.53. The Morgan fingerprint density at radius 1 is 1.44 bits per heavy atom. The number of azo groups is 1. The Morgan fingerprint density at radius 3 is 2.89 bits per heavy atom. The number of benzene rings is 1. The summed E-state index contributed by atoms with van der Waals surface area (Å²) in [5, 5.41) is 17.8. The van der Waals surface area contributed by atoms with Crippen molar-refractivity contribution in [2.24, 2.45) is 16.0 Å². The third-order valence-corrected chi connectivity index (χ3v) is 2.53. The maximum Gasteiger partial charge on any atom is 0.173 e. The first-order valence-electron chi connectivity index (χ1n) is 6.01. The highest BCUT2D eigenvalue weighted by Crippen LogP contribution is 2.16. The quantitative estimate of drug-likeness (QED) is 0.728. The van der Waals surface area contributed by atoms with Crippen LogP contribution in [-0.2, 0) is 6.54 Å². The van der Waals surface area contributed by atoms with E-state index in [1.165, 1.54) is 0 Å². The Labute approximate surface area is 108 Å². The maximum atomic E-state index is 9.88. The van der Waals surface area contributed by atoms with Gasteiger partial charge >= 0.3 is 0 Å². The molecule has 100 valence electrons. The number of hydrogen-bond donors (Lipinski definition) is 2. The van der Waals surface area contributed by atoms with Gasteiger partial charge in [-0.15, -0.1) is 0 Å². The minimum atomic E-state index is -1.13. The molecule has 0 aliphatic carbocycles. The van der Waals surface area contributed by atoms with Gasteiger partial charge in [-0.25, -0.2) is 0 Å². The summed E-state index contributed by atoms with van der Waals surface area (Å²) in [6, 6.07) is 7.61. The number of rotatable bonds is 7. The van der Waals surface area contributed by atoms with Crippen LogP contribution >= 0.6 is 0 Å². The van der Waals surface area contributed by atoms with E-state index in [0.717, 1.165) is 17.7 Å². The van der Waals surface area contributed by atoms with E-state index in [2.05, 4.69) is 10.2 Å². The fourth-order valence-corrected chi connectivity index (χ4v) is 1.53. The molecule has 5 heteroatoms.